The number of piperidine rings is 1. The van der Waals surface area contributed by atoms with E-state index in [1.807, 2.05) is 26.8 Å². The number of carbonyl (C=O) groups is 1. The number of aromatic hydroxyl groups is 2. The Morgan fingerprint density at radius 3 is 2.31 bits per heavy atom. The smallest absolute Gasteiger partial charge is 0.207 e. The van der Waals surface area contributed by atoms with Gasteiger partial charge in [-0.15, -0.1) is 0 Å². The van der Waals surface area contributed by atoms with Crippen molar-refractivity contribution in [3.8, 4) is 11.5 Å². The minimum absolute atomic E-state index is 0.0490. The van der Waals surface area contributed by atoms with Crippen LogP contribution in [0, 0.1) is 5.92 Å². The van der Waals surface area contributed by atoms with Crippen molar-refractivity contribution in [1.82, 2.24) is 15.6 Å². The van der Waals surface area contributed by atoms with Crippen molar-refractivity contribution >= 4 is 17.9 Å². The van der Waals surface area contributed by atoms with Crippen LogP contribution < -0.4 is 15.6 Å². The molecule has 0 aromatic heterocycles. The SMILES string of the molecule is CC1=NNC(c2cc(C(C)C)c(O)cc2O)N1c1ccc(CC2CCN(Cc3ccc(CCNC=O)cc3)CC2)cc1. The summed E-state index contributed by atoms with van der Waals surface area (Å²) in [6.45, 7) is 9.88. The third-order valence-corrected chi connectivity index (χ3v) is 8.56. The van der Waals surface area contributed by atoms with E-state index in [1.54, 1.807) is 0 Å². The van der Waals surface area contributed by atoms with Gasteiger partial charge in [0.15, 0.2) is 6.17 Å². The molecule has 0 aliphatic carbocycles. The van der Waals surface area contributed by atoms with Gasteiger partial charge in [-0.2, -0.15) is 5.10 Å². The largest absolute Gasteiger partial charge is 0.508 e. The van der Waals surface area contributed by atoms with Gasteiger partial charge >= 0.3 is 0 Å². The van der Waals surface area contributed by atoms with Crippen LogP contribution in [0.1, 0.15) is 73.5 Å². The molecular formula is C34H43N5O3. The van der Waals surface area contributed by atoms with Crippen molar-refractivity contribution in [1.29, 1.82) is 0 Å². The molecule has 5 rings (SSSR count). The summed E-state index contributed by atoms with van der Waals surface area (Å²) in [6, 6.07) is 20.8. The molecule has 8 heteroatoms. The number of rotatable bonds is 11. The Bertz CT molecular complexity index is 1380. The highest BCUT2D eigenvalue weighted by Crippen LogP contribution is 2.39. The molecule has 42 heavy (non-hydrogen) atoms. The molecule has 4 N–H and O–H groups in total. The number of nitrogens with zero attached hydrogens (tertiary/aromatic N) is 3. The number of phenols is 2. The summed E-state index contributed by atoms with van der Waals surface area (Å²) in [4.78, 5) is 15.1. The number of likely N-dealkylation sites (tertiary alicyclic amines) is 1. The van der Waals surface area contributed by atoms with Crippen LogP contribution in [0.5, 0.6) is 11.5 Å². The van der Waals surface area contributed by atoms with Crippen molar-refractivity contribution in [3.05, 3.63) is 88.5 Å². The Kier molecular flexibility index (Phi) is 9.32. The molecule has 0 saturated carbocycles. The lowest BCUT2D eigenvalue weighted by atomic mass is 9.90. The van der Waals surface area contributed by atoms with Crippen LogP contribution in [0.4, 0.5) is 5.69 Å². The van der Waals surface area contributed by atoms with E-state index >= 15 is 0 Å². The predicted octanol–water partition coefficient (Wildman–Crippen LogP) is 5.41. The molecule has 8 nitrogen and oxygen atoms in total. The molecule has 3 aromatic carbocycles. The summed E-state index contributed by atoms with van der Waals surface area (Å²) < 4.78 is 0. The summed E-state index contributed by atoms with van der Waals surface area (Å²) in [5.41, 5.74) is 9.59. The lowest BCUT2D eigenvalue weighted by Crippen LogP contribution is -2.34. The number of benzene rings is 3. The number of nitrogens with one attached hydrogen (secondary N) is 2. The van der Waals surface area contributed by atoms with Crippen LogP contribution >= 0.6 is 0 Å². The molecule has 1 saturated heterocycles. The van der Waals surface area contributed by atoms with E-state index in [-0.39, 0.29) is 23.6 Å². The van der Waals surface area contributed by atoms with Gasteiger partial charge in [0.25, 0.3) is 0 Å². The van der Waals surface area contributed by atoms with Crippen LogP contribution in [0.3, 0.4) is 0 Å². The van der Waals surface area contributed by atoms with E-state index in [0.717, 1.165) is 56.0 Å². The Labute approximate surface area is 249 Å². The summed E-state index contributed by atoms with van der Waals surface area (Å²) in [5, 5.41) is 28.2. The van der Waals surface area contributed by atoms with Gasteiger partial charge in [-0.1, -0.05) is 50.2 Å². The molecule has 1 amide bonds. The Morgan fingerprint density at radius 2 is 1.64 bits per heavy atom. The van der Waals surface area contributed by atoms with Gasteiger partial charge in [0.2, 0.25) is 6.41 Å². The second-order valence-electron chi connectivity index (χ2n) is 11.9. The van der Waals surface area contributed by atoms with Gasteiger partial charge in [0.1, 0.15) is 17.3 Å². The Balaban J connectivity index is 1.16. The van der Waals surface area contributed by atoms with Gasteiger partial charge in [0.05, 0.1) is 0 Å². The van der Waals surface area contributed by atoms with Crippen LogP contribution in [0.2, 0.25) is 0 Å². The van der Waals surface area contributed by atoms with Crippen molar-refractivity contribution < 1.29 is 15.0 Å². The van der Waals surface area contributed by atoms with E-state index in [0.29, 0.717) is 18.0 Å². The second kappa shape index (κ2) is 13.3. The molecule has 0 bridgehead atoms. The molecule has 222 valence electrons. The molecule has 2 aliphatic rings. The van der Waals surface area contributed by atoms with E-state index < -0.39 is 0 Å². The first kappa shape index (κ1) is 29.5. The van der Waals surface area contributed by atoms with E-state index in [4.69, 9.17) is 0 Å². The van der Waals surface area contributed by atoms with Crippen LogP contribution in [0.25, 0.3) is 0 Å². The normalized spacial score (nSPS) is 17.8. The number of amidine groups is 1. The quantitative estimate of drug-likeness (QED) is 0.182. The molecular weight excluding hydrogens is 526 g/mol. The zero-order valence-electron chi connectivity index (χ0n) is 24.9. The molecule has 0 radical (unpaired) electrons. The maximum Gasteiger partial charge on any atom is 0.207 e. The van der Waals surface area contributed by atoms with Crippen LogP contribution in [0.15, 0.2) is 65.8 Å². The van der Waals surface area contributed by atoms with Gasteiger partial charge in [0, 0.05) is 30.4 Å². The number of carbonyl (C=O) groups excluding carboxylic acids is 1. The first-order valence-corrected chi connectivity index (χ1v) is 15.0. The monoisotopic (exact) mass is 569 g/mol. The lowest BCUT2D eigenvalue weighted by Gasteiger charge is -2.32. The molecule has 1 unspecified atom stereocenters. The number of anilines is 1. The minimum atomic E-state index is -0.353. The molecule has 0 spiro atoms. The lowest BCUT2D eigenvalue weighted by molar-refractivity contribution is -0.109. The summed E-state index contributed by atoms with van der Waals surface area (Å²) in [5.74, 6) is 1.78. The Morgan fingerprint density at radius 1 is 0.976 bits per heavy atom. The topological polar surface area (TPSA) is 100 Å². The maximum atomic E-state index is 10.7. The first-order valence-electron chi connectivity index (χ1n) is 15.0. The number of amides is 1. The maximum absolute atomic E-state index is 10.7. The molecule has 2 aliphatic heterocycles. The van der Waals surface area contributed by atoms with Gasteiger partial charge in [-0.05, 0) is 98.0 Å². The Hall–Kier alpha value is -4.04. The molecule has 3 aromatic rings. The zero-order chi connectivity index (χ0) is 29.6. The molecule has 1 fully saturated rings. The highest BCUT2D eigenvalue weighted by Gasteiger charge is 2.31. The standard InChI is InChI=1S/C34H43N5O3/c1-23(2)30-19-31(33(42)20-32(30)41)34-37-36-24(3)39(34)29-10-8-26(9-11-29)18-27-13-16-38(17-14-27)21-28-6-4-25(5-7-28)12-15-35-22-40/h4-11,19-20,22-23,27,34,37,41-42H,12-18,21H2,1-3H3,(H,35,40). The number of phenolic OH excluding ortho intramolecular Hbond substituents is 2. The van der Waals surface area contributed by atoms with E-state index in [2.05, 4.69) is 74.2 Å². The summed E-state index contributed by atoms with van der Waals surface area (Å²) in [6.07, 6.45) is 4.71. The molecule has 1 atom stereocenters. The van der Waals surface area contributed by atoms with Crippen molar-refractivity contribution in [2.24, 2.45) is 11.0 Å². The van der Waals surface area contributed by atoms with Crippen molar-refractivity contribution in [2.75, 3.05) is 24.5 Å². The second-order valence-corrected chi connectivity index (χ2v) is 11.9. The molecule has 2 heterocycles. The number of hydrogen-bond donors (Lipinski definition) is 4. The van der Waals surface area contributed by atoms with Crippen LogP contribution in [-0.2, 0) is 24.2 Å². The third kappa shape index (κ3) is 6.87. The van der Waals surface area contributed by atoms with Gasteiger partial charge < -0.3 is 20.4 Å². The highest BCUT2D eigenvalue weighted by molar-refractivity contribution is 5.98. The van der Waals surface area contributed by atoms with Crippen LogP contribution in [-0.4, -0.2) is 47.0 Å². The van der Waals surface area contributed by atoms with Gasteiger partial charge in [-0.25, -0.2) is 0 Å². The zero-order valence-corrected chi connectivity index (χ0v) is 24.9. The van der Waals surface area contributed by atoms with Crippen molar-refractivity contribution in [3.63, 3.8) is 0 Å². The fourth-order valence-corrected chi connectivity index (χ4v) is 6.11. The third-order valence-electron chi connectivity index (χ3n) is 8.56. The average molecular weight is 570 g/mol. The van der Waals surface area contributed by atoms with E-state index in [1.165, 1.54) is 35.6 Å². The summed E-state index contributed by atoms with van der Waals surface area (Å²) in [7, 11) is 0. The fourth-order valence-electron chi connectivity index (χ4n) is 6.11. The average Bonchev–Trinajstić information content (AvgIpc) is 3.36. The number of hydrazone groups is 1. The highest BCUT2D eigenvalue weighted by atomic mass is 16.3. The summed E-state index contributed by atoms with van der Waals surface area (Å²) >= 11 is 0. The minimum Gasteiger partial charge on any atom is -0.508 e. The first-order chi connectivity index (χ1) is 20.3. The number of hydrogen-bond acceptors (Lipinski definition) is 7. The van der Waals surface area contributed by atoms with E-state index in [9.17, 15) is 15.0 Å². The fraction of sp³-hybridized carbons (Fsp3) is 0.412. The van der Waals surface area contributed by atoms with Crippen molar-refractivity contribution in [2.45, 2.75) is 65.1 Å². The predicted molar refractivity (Wildman–Crippen MR) is 168 cm³/mol. The van der Waals surface area contributed by atoms with Gasteiger partial charge in [-0.3, -0.25) is 15.1 Å².